The minimum absolute atomic E-state index is 0.0489. The lowest BCUT2D eigenvalue weighted by molar-refractivity contribution is -0.119. The van der Waals surface area contributed by atoms with E-state index in [0.717, 1.165) is 13.0 Å². The maximum absolute atomic E-state index is 11.0. The van der Waals surface area contributed by atoms with E-state index in [4.69, 9.17) is 0 Å². The summed E-state index contributed by atoms with van der Waals surface area (Å²) in [6.07, 6.45) is 0.931. The lowest BCUT2D eigenvalue weighted by Crippen LogP contribution is -2.46. The number of likely N-dealkylation sites (N-methyl/N-ethyl adjacent to an activating group) is 1. The van der Waals surface area contributed by atoms with E-state index in [9.17, 15) is 4.79 Å². The summed E-state index contributed by atoms with van der Waals surface area (Å²) in [4.78, 5) is 13.2. The zero-order chi connectivity index (χ0) is 10.8. The number of benzene rings is 1. The van der Waals surface area contributed by atoms with Gasteiger partial charge in [-0.15, -0.1) is 0 Å². The van der Waals surface area contributed by atoms with Gasteiger partial charge in [-0.2, -0.15) is 0 Å². The SMILES string of the molecule is CC(=O)NC1Cc2ccccc2N(C)C1. The van der Waals surface area contributed by atoms with E-state index < -0.39 is 0 Å². The van der Waals surface area contributed by atoms with Crippen LogP contribution in [0.2, 0.25) is 0 Å². The van der Waals surface area contributed by atoms with Crippen molar-refractivity contribution < 1.29 is 4.79 Å². The van der Waals surface area contributed by atoms with Crippen molar-refractivity contribution >= 4 is 11.6 Å². The van der Waals surface area contributed by atoms with Gasteiger partial charge in [-0.25, -0.2) is 0 Å². The minimum atomic E-state index is 0.0489. The summed E-state index contributed by atoms with van der Waals surface area (Å²) in [6.45, 7) is 2.46. The lowest BCUT2D eigenvalue weighted by Gasteiger charge is -2.33. The predicted molar refractivity (Wildman–Crippen MR) is 61.0 cm³/mol. The quantitative estimate of drug-likeness (QED) is 0.745. The van der Waals surface area contributed by atoms with E-state index in [1.54, 1.807) is 6.92 Å². The number of hydrogen-bond donors (Lipinski definition) is 1. The summed E-state index contributed by atoms with van der Waals surface area (Å²) < 4.78 is 0. The van der Waals surface area contributed by atoms with Crippen LogP contribution in [0.15, 0.2) is 24.3 Å². The molecule has 1 aromatic carbocycles. The third-order valence-corrected chi connectivity index (χ3v) is 2.77. The molecule has 1 atom stereocenters. The van der Waals surface area contributed by atoms with Crippen molar-refractivity contribution in [2.75, 3.05) is 18.5 Å². The van der Waals surface area contributed by atoms with E-state index >= 15 is 0 Å². The molecule has 0 spiro atoms. The molecule has 0 bridgehead atoms. The van der Waals surface area contributed by atoms with Crippen molar-refractivity contribution in [1.82, 2.24) is 5.32 Å². The zero-order valence-electron chi connectivity index (χ0n) is 9.16. The highest BCUT2D eigenvalue weighted by molar-refractivity contribution is 5.73. The summed E-state index contributed by atoms with van der Waals surface area (Å²) >= 11 is 0. The van der Waals surface area contributed by atoms with Crippen molar-refractivity contribution in [3.63, 3.8) is 0 Å². The molecular weight excluding hydrogens is 188 g/mol. The number of carbonyl (C=O) groups excluding carboxylic acids is 1. The largest absolute Gasteiger partial charge is 0.372 e. The van der Waals surface area contributed by atoms with Crippen molar-refractivity contribution in [2.45, 2.75) is 19.4 Å². The van der Waals surface area contributed by atoms with Crippen LogP contribution in [-0.4, -0.2) is 25.5 Å². The topological polar surface area (TPSA) is 32.3 Å². The maximum Gasteiger partial charge on any atom is 0.217 e. The Balaban J connectivity index is 2.19. The lowest BCUT2D eigenvalue weighted by atomic mass is 9.98. The first-order valence-electron chi connectivity index (χ1n) is 5.23. The van der Waals surface area contributed by atoms with E-state index in [1.807, 2.05) is 12.1 Å². The van der Waals surface area contributed by atoms with Gasteiger partial charge in [0.05, 0.1) is 6.04 Å². The van der Waals surface area contributed by atoms with Gasteiger partial charge >= 0.3 is 0 Å². The molecule has 15 heavy (non-hydrogen) atoms. The molecule has 1 amide bonds. The molecule has 1 aliphatic heterocycles. The number of nitrogens with one attached hydrogen (secondary N) is 1. The fourth-order valence-corrected chi connectivity index (χ4v) is 2.20. The Morgan fingerprint density at radius 1 is 1.47 bits per heavy atom. The second-order valence-corrected chi connectivity index (χ2v) is 4.11. The highest BCUT2D eigenvalue weighted by Gasteiger charge is 2.21. The summed E-state index contributed by atoms with van der Waals surface area (Å²) in [5.41, 5.74) is 2.59. The highest BCUT2D eigenvalue weighted by atomic mass is 16.1. The third-order valence-electron chi connectivity index (χ3n) is 2.77. The second kappa shape index (κ2) is 3.93. The monoisotopic (exact) mass is 204 g/mol. The van der Waals surface area contributed by atoms with Gasteiger partial charge in [0, 0.05) is 26.2 Å². The van der Waals surface area contributed by atoms with Crippen LogP contribution in [0.25, 0.3) is 0 Å². The number of fused-ring (bicyclic) bond motifs is 1. The molecule has 1 N–H and O–H groups in total. The smallest absolute Gasteiger partial charge is 0.217 e. The van der Waals surface area contributed by atoms with E-state index in [2.05, 4.69) is 29.4 Å². The van der Waals surface area contributed by atoms with Crippen molar-refractivity contribution in [1.29, 1.82) is 0 Å². The summed E-state index contributed by atoms with van der Waals surface area (Å²) in [5, 5.41) is 2.97. The molecule has 80 valence electrons. The van der Waals surface area contributed by atoms with Crippen LogP contribution in [0.4, 0.5) is 5.69 Å². The first-order valence-corrected chi connectivity index (χ1v) is 5.23. The standard InChI is InChI=1S/C12H16N2O/c1-9(15)13-11-7-10-5-3-4-6-12(10)14(2)8-11/h3-6,11H,7-8H2,1-2H3,(H,13,15). The van der Waals surface area contributed by atoms with Gasteiger partial charge in [-0.3, -0.25) is 4.79 Å². The Hall–Kier alpha value is -1.51. The number of carbonyl (C=O) groups is 1. The summed E-state index contributed by atoms with van der Waals surface area (Å²) in [7, 11) is 2.06. The summed E-state index contributed by atoms with van der Waals surface area (Å²) in [5.74, 6) is 0.0489. The molecule has 0 saturated carbocycles. The second-order valence-electron chi connectivity index (χ2n) is 4.11. The van der Waals surface area contributed by atoms with Gasteiger partial charge in [0.25, 0.3) is 0 Å². The molecule has 0 aromatic heterocycles. The van der Waals surface area contributed by atoms with E-state index in [1.165, 1.54) is 11.3 Å². The van der Waals surface area contributed by atoms with Gasteiger partial charge < -0.3 is 10.2 Å². The van der Waals surface area contributed by atoms with Crippen LogP contribution in [0, 0.1) is 0 Å². The average Bonchev–Trinajstić information content (AvgIpc) is 2.16. The molecule has 1 aromatic rings. The predicted octanol–water partition coefficient (Wildman–Crippen LogP) is 1.18. The molecule has 1 heterocycles. The number of anilines is 1. The van der Waals surface area contributed by atoms with Crippen LogP contribution in [0.1, 0.15) is 12.5 Å². The fraction of sp³-hybridized carbons (Fsp3) is 0.417. The van der Waals surface area contributed by atoms with Crippen LogP contribution >= 0.6 is 0 Å². The molecule has 3 heteroatoms. The number of amides is 1. The molecule has 0 saturated heterocycles. The van der Waals surface area contributed by atoms with Crippen molar-refractivity contribution in [2.24, 2.45) is 0 Å². The minimum Gasteiger partial charge on any atom is -0.372 e. The number of para-hydroxylation sites is 1. The van der Waals surface area contributed by atoms with E-state index in [-0.39, 0.29) is 11.9 Å². The van der Waals surface area contributed by atoms with Crippen LogP contribution in [0.3, 0.4) is 0 Å². The molecule has 0 fully saturated rings. The number of rotatable bonds is 1. The molecule has 0 radical (unpaired) electrons. The average molecular weight is 204 g/mol. The van der Waals surface area contributed by atoms with Gasteiger partial charge in [0.15, 0.2) is 0 Å². The van der Waals surface area contributed by atoms with Crippen LogP contribution < -0.4 is 10.2 Å². The van der Waals surface area contributed by atoms with Gasteiger partial charge in [-0.05, 0) is 18.1 Å². The first kappa shape index (κ1) is 10.0. The third kappa shape index (κ3) is 2.12. The molecule has 3 nitrogen and oxygen atoms in total. The Bertz CT molecular complexity index is 376. The molecule has 2 rings (SSSR count). The van der Waals surface area contributed by atoms with Crippen molar-refractivity contribution in [3.05, 3.63) is 29.8 Å². The zero-order valence-corrected chi connectivity index (χ0v) is 9.16. The first-order chi connectivity index (χ1) is 7.16. The Morgan fingerprint density at radius 2 is 2.20 bits per heavy atom. The van der Waals surface area contributed by atoms with Gasteiger partial charge in [-0.1, -0.05) is 18.2 Å². The fourth-order valence-electron chi connectivity index (χ4n) is 2.20. The Kier molecular flexibility index (Phi) is 2.62. The Labute approximate surface area is 90.1 Å². The molecule has 1 unspecified atom stereocenters. The highest BCUT2D eigenvalue weighted by Crippen LogP contribution is 2.25. The molecule has 0 aliphatic carbocycles. The summed E-state index contributed by atoms with van der Waals surface area (Å²) in [6, 6.07) is 8.58. The number of hydrogen-bond acceptors (Lipinski definition) is 2. The van der Waals surface area contributed by atoms with Crippen molar-refractivity contribution in [3.8, 4) is 0 Å². The molecular formula is C12H16N2O. The van der Waals surface area contributed by atoms with Gasteiger partial charge in [0.1, 0.15) is 0 Å². The maximum atomic E-state index is 11.0. The van der Waals surface area contributed by atoms with Crippen LogP contribution in [0.5, 0.6) is 0 Å². The number of nitrogens with zero attached hydrogens (tertiary/aromatic N) is 1. The normalized spacial score (nSPS) is 19.6. The molecule has 1 aliphatic rings. The van der Waals surface area contributed by atoms with Crippen LogP contribution in [-0.2, 0) is 11.2 Å². The Morgan fingerprint density at radius 3 is 2.93 bits per heavy atom. The van der Waals surface area contributed by atoms with E-state index in [0.29, 0.717) is 0 Å². The van der Waals surface area contributed by atoms with Gasteiger partial charge in [0.2, 0.25) is 5.91 Å².